The average Bonchev–Trinajstić information content (AvgIpc) is 3.55. The average molecular weight is 820 g/mol. The molecular formula is C47H61N7O6. The summed E-state index contributed by atoms with van der Waals surface area (Å²) < 4.78 is 4.72. The fourth-order valence-corrected chi connectivity index (χ4v) is 7.87. The molecule has 1 aliphatic heterocycles. The number of ether oxygens (including phenoxy) is 1. The minimum atomic E-state index is -1.09. The fourth-order valence-electron chi connectivity index (χ4n) is 7.87. The van der Waals surface area contributed by atoms with Gasteiger partial charge in [-0.25, -0.2) is 9.59 Å². The van der Waals surface area contributed by atoms with Crippen molar-refractivity contribution < 1.29 is 29.0 Å². The van der Waals surface area contributed by atoms with Crippen LogP contribution >= 0.6 is 0 Å². The summed E-state index contributed by atoms with van der Waals surface area (Å²) in [5, 5.41) is 24.3. The van der Waals surface area contributed by atoms with E-state index in [4.69, 9.17) is 10.5 Å². The Hall–Kier alpha value is -5.95. The van der Waals surface area contributed by atoms with Crippen molar-refractivity contribution in [2.75, 3.05) is 25.9 Å². The Labute approximate surface area is 353 Å². The molecule has 0 bridgehead atoms. The van der Waals surface area contributed by atoms with E-state index < -0.39 is 47.1 Å². The predicted molar refractivity (Wildman–Crippen MR) is 233 cm³/mol. The van der Waals surface area contributed by atoms with Gasteiger partial charge in [0.05, 0.1) is 36.9 Å². The molecular weight excluding hydrogens is 759 g/mol. The second-order valence-electron chi connectivity index (χ2n) is 17.6. The largest absolute Gasteiger partial charge is 0.453 e. The molecule has 0 saturated carbocycles. The van der Waals surface area contributed by atoms with Gasteiger partial charge in [-0.2, -0.15) is 0 Å². The second kappa shape index (κ2) is 20.3. The molecule has 3 aromatic carbocycles. The molecule has 0 radical (unpaired) electrons. The monoisotopic (exact) mass is 819 g/mol. The van der Waals surface area contributed by atoms with Crippen LogP contribution in [0.15, 0.2) is 103 Å². The predicted octanol–water partition coefficient (Wildman–Crippen LogP) is 5.87. The number of nitrogens with one attached hydrogen (secondary N) is 4. The van der Waals surface area contributed by atoms with Gasteiger partial charge >= 0.3 is 12.1 Å². The van der Waals surface area contributed by atoms with E-state index in [1.165, 1.54) is 7.11 Å². The number of hydrogen-bond acceptors (Lipinski definition) is 8. The number of urea groups is 1. The first-order valence-corrected chi connectivity index (χ1v) is 20.5. The highest BCUT2D eigenvalue weighted by Gasteiger charge is 2.46. The number of methoxy groups -OCH3 is 1. The first kappa shape index (κ1) is 45.1. The van der Waals surface area contributed by atoms with Crippen molar-refractivity contribution in [2.24, 2.45) is 16.7 Å². The second-order valence-corrected chi connectivity index (χ2v) is 17.6. The number of aliphatic hydroxyl groups excluding tert-OH is 1. The molecule has 0 spiro atoms. The van der Waals surface area contributed by atoms with Crippen molar-refractivity contribution >= 4 is 29.6 Å². The lowest BCUT2D eigenvalue weighted by Gasteiger charge is -2.39. The molecule has 320 valence electrons. The number of nitrogens with two attached hydrogens (primary N) is 1. The molecule has 1 aromatic heterocycles. The Kier molecular flexibility index (Phi) is 15.3. The van der Waals surface area contributed by atoms with E-state index in [0.29, 0.717) is 25.1 Å². The van der Waals surface area contributed by atoms with Gasteiger partial charge in [-0.1, -0.05) is 107 Å². The van der Waals surface area contributed by atoms with Gasteiger partial charge in [0.25, 0.3) is 0 Å². The Bertz CT molecular complexity index is 2020. The van der Waals surface area contributed by atoms with Crippen molar-refractivity contribution in [1.82, 2.24) is 31.2 Å². The van der Waals surface area contributed by atoms with Crippen molar-refractivity contribution in [1.29, 1.82) is 0 Å². The van der Waals surface area contributed by atoms with Crippen LogP contribution in [0.5, 0.6) is 0 Å². The van der Waals surface area contributed by atoms with Crippen LogP contribution in [0.1, 0.15) is 64.2 Å². The number of alkyl carbamates (subject to hydrolysis) is 1. The zero-order valence-corrected chi connectivity index (χ0v) is 35.6. The van der Waals surface area contributed by atoms with Gasteiger partial charge in [0.1, 0.15) is 0 Å². The summed E-state index contributed by atoms with van der Waals surface area (Å²) in [5.74, 6) is -1.17. The molecule has 2 heterocycles. The molecule has 1 aliphatic rings. The maximum atomic E-state index is 14.7. The number of anilines is 1. The van der Waals surface area contributed by atoms with Crippen LogP contribution in [0.2, 0.25) is 0 Å². The Morgan fingerprint density at radius 3 is 2.17 bits per heavy atom. The van der Waals surface area contributed by atoms with Crippen LogP contribution in [-0.2, 0) is 33.7 Å². The lowest BCUT2D eigenvalue weighted by molar-refractivity contribution is -0.132. The summed E-state index contributed by atoms with van der Waals surface area (Å²) in [6, 6.07) is 28.7. The Balaban J connectivity index is 1.40. The molecule has 13 heteroatoms. The van der Waals surface area contributed by atoms with E-state index in [1.54, 1.807) is 23.2 Å². The smallest absolute Gasteiger partial charge is 0.406 e. The van der Waals surface area contributed by atoms with Gasteiger partial charge in [-0.15, -0.1) is 0 Å². The Morgan fingerprint density at radius 2 is 1.53 bits per heavy atom. The summed E-state index contributed by atoms with van der Waals surface area (Å²) in [4.78, 5) is 59.6. The molecule has 5 atom stereocenters. The summed E-state index contributed by atoms with van der Waals surface area (Å²) in [7, 11) is 1.29. The van der Waals surface area contributed by atoms with Crippen LogP contribution in [0.3, 0.4) is 0 Å². The maximum absolute atomic E-state index is 14.7. The Morgan fingerprint density at radius 1 is 0.883 bits per heavy atom. The van der Waals surface area contributed by atoms with Gasteiger partial charge in [0.2, 0.25) is 11.8 Å². The summed E-state index contributed by atoms with van der Waals surface area (Å²) in [5.41, 5.74) is 9.90. The normalized spacial score (nSPS) is 16.2. The zero-order chi connectivity index (χ0) is 43.5. The van der Waals surface area contributed by atoms with Crippen LogP contribution in [0.4, 0.5) is 15.3 Å². The molecule has 13 nitrogen and oxygen atoms in total. The van der Waals surface area contributed by atoms with E-state index >= 15 is 0 Å². The van der Waals surface area contributed by atoms with Gasteiger partial charge < -0.3 is 41.7 Å². The number of aromatic nitrogens is 1. The lowest BCUT2D eigenvalue weighted by atomic mass is 9.75. The van der Waals surface area contributed by atoms with Gasteiger partial charge in [0, 0.05) is 49.5 Å². The summed E-state index contributed by atoms with van der Waals surface area (Å²) in [6.07, 6.45) is 1.03. The van der Waals surface area contributed by atoms with Crippen LogP contribution < -0.4 is 27.0 Å². The van der Waals surface area contributed by atoms with E-state index in [0.717, 1.165) is 27.9 Å². The topological polar surface area (TPSA) is 188 Å². The summed E-state index contributed by atoms with van der Waals surface area (Å²) >= 11 is 0. The minimum absolute atomic E-state index is 0.0979. The van der Waals surface area contributed by atoms with Crippen LogP contribution in [-0.4, -0.2) is 83.4 Å². The molecule has 7 N–H and O–H groups in total. The van der Waals surface area contributed by atoms with E-state index in [9.17, 15) is 24.3 Å². The zero-order valence-electron chi connectivity index (χ0n) is 35.6. The van der Waals surface area contributed by atoms with E-state index in [-0.39, 0.29) is 43.8 Å². The third kappa shape index (κ3) is 13.0. The number of amides is 5. The SMILES string of the molecule is COC(=O)NCC(C)(C)CC(=O)NC(Cc1ccc(-c2ccccn2)cc1)CC(O)C(Cc1ccccc1)NC(=O)C(C1CNC(=O)N1Cc1ccc(N)cc1)C(C)(C)C. The minimum Gasteiger partial charge on any atom is -0.453 e. The number of nitrogen functional groups attached to an aromatic ring is 1. The van der Waals surface area contributed by atoms with Crippen molar-refractivity contribution in [2.45, 2.75) is 91.1 Å². The number of aliphatic hydroxyl groups is 1. The van der Waals surface area contributed by atoms with E-state index in [2.05, 4.69) is 26.3 Å². The van der Waals surface area contributed by atoms with Crippen LogP contribution in [0, 0.1) is 16.7 Å². The third-order valence-electron chi connectivity index (χ3n) is 11.0. The van der Waals surface area contributed by atoms with Gasteiger partial charge in [-0.3, -0.25) is 14.6 Å². The van der Waals surface area contributed by atoms with Crippen molar-refractivity contribution in [3.05, 3.63) is 120 Å². The first-order chi connectivity index (χ1) is 28.5. The molecule has 60 heavy (non-hydrogen) atoms. The molecule has 1 fully saturated rings. The standard InChI is InChI=1S/C47H61N7O6/c1-46(2,3)42(39-28-50-44(58)54(39)29-33-17-21-35(48)22-18-33)43(57)53-38(25-31-12-8-7-9-13-31)40(55)26-36(52-41(56)27-47(4,5)30-51-45(59)60-6)24-32-15-19-34(20-16-32)37-14-10-11-23-49-37/h7-23,36,38-40,42,55H,24-30,48H2,1-6H3,(H,50,58)(H,51,59)(H,52,56)(H,53,57). The van der Waals surface area contributed by atoms with Gasteiger partial charge in [0.15, 0.2) is 0 Å². The van der Waals surface area contributed by atoms with Crippen molar-refractivity contribution in [3.63, 3.8) is 0 Å². The fraction of sp³-hybridized carbons (Fsp3) is 0.426. The molecule has 4 aromatic rings. The number of hydrogen-bond donors (Lipinski definition) is 6. The lowest BCUT2D eigenvalue weighted by Crippen LogP contribution is -2.56. The quantitative estimate of drug-likeness (QED) is 0.0674. The highest BCUT2D eigenvalue weighted by molar-refractivity contribution is 5.84. The summed E-state index contributed by atoms with van der Waals surface area (Å²) in [6.45, 7) is 10.5. The molecule has 1 saturated heterocycles. The molecule has 0 aliphatic carbocycles. The number of benzene rings is 3. The third-order valence-corrected chi connectivity index (χ3v) is 11.0. The first-order valence-electron chi connectivity index (χ1n) is 20.5. The number of carbonyl (C=O) groups excluding carboxylic acids is 4. The number of carbonyl (C=O) groups is 4. The van der Waals surface area contributed by atoms with Crippen LogP contribution in [0.25, 0.3) is 11.3 Å². The highest BCUT2D eigenvalue weighted by atomic mass is 16.5. The molecule has 5 unspecified atom stereocenters. The number of rotatable bonds is 18. The molecule has 5 rings (SSSR count). The highest BCUT2D eigenvalue weighted by Crippen LogP contribution is 2.34. The van der Waals surface area contributed by atoms with Gasteiger partial charge in [-0.05, 0) is 71.0 Å². The molecule has 5 amide bonds. The number of nitrogens with zero attached hydrogens (tertiary/aromatic N) is 2. The maximum Gasteiger partial charge on any atom is 0.406 e. The number of pyridine rings is 1. The van der Waals surface area contributed by atoms with Crippen molar-refractivity contribution in [3.8, 4) is 11.3 Å². The van der Waals surface area contributed by atoms with E-state index in [1.807, 2.05) is 120 Å².